The summed E-state index contributed by atoms with van der Waals surface area (Å²) in [5.74, 6) is -0.658. The van der Waals surface area contributed by atoms with Crippen molar-refractivity contribution in [3.05, 3.63) is 48.5 Å². The molecule has 2 aromatic carbocycles. The summed E-state index contributed by atoms with van der Waals surface area (Å²) in [6.45, 7) is -0.155. The van der Waals surface area contributed by atoms with Crippen LogP contribution in [0.2, 0.25) is 0 Å². The third kappa shape index (κ3) is 2.82. The largest absolute Gasteiger partial charge is 0.493 e. The lowest BCUT2D eigenvalue weighted by Gasteiger charge is -2.04. The molecule has 0 amide bonds. The van der Waals surface area contributed by atoms with Gasteiger partial charge >= 0.3 is 5.97 Å². The number of H-pyrrole nitrogens is 1. The van der Waals surface area contributed by atoms with Crippen LogP contribution in [0.3, 0.4) is 0 Å². The van der Waals surface area contributed by atoms with Crippen LogP contribution in [-0.2, 0) is 16.1 Å². The Morgan fingerprint density at radius 1 is 1.10 bits per heavy atom. The molecule has 0 saturated heterocycles. The first-order valence-electron chi connectivity index (χ1n) is 9.05. The number of fused-ring (bicyclic) bond motifs is 4. The predicted molar refractivity (Wildman–Crippen MR) is 109 cm³/mol. The van der Waals surface area contributed by atoms with Gasteiger partial charge in [0.2, 0.25) is 5.88 Å². The molecule has 10 nitrogen and oxygen atoms in total. The summed E-state index contributed by atoms with van der Waals surface area (Å²) in [4.78, 5) is 19.2. The first-order valence-corrected chi connectivity index (χ1v) is 9.05. The number of rotatable bonds is 4. The first-order chi connectivity index (χ1) is 14.7. The van der Waals surface area contributed by atoms with Gasteiger partial charge in [0.05, 0.1) is 12.6 Å². The number of hydrogen-bond acceptors (Lipinski definition) is 8. The van der Waals surface area contributed by atoms with Crippen molar-refractivity contribution in [1.29, 1.82) is 0 Å². The molecule has 0 aliphatic carbocycles. The SMILES string of the molecule is COC(=O)Cn1c(O)c(N=Nc2nnc3c(n2)[nH]c2ccccc23)c2ccccc21. The molecule has 0 atom stereocenters. The van der Waals surface area contributed by atoms with Gasteiger partial charge in [-0.05, 0) is 12.1 Å². The molecule has 3 heterocycles. The number of aromatic amines is 1. The smallest absolute Gasteiger partial charge is 0.325 e. The van der Waals surface area contributed by atoms with E-state index < -0.39 is 5.97 Å². The van der Waals surface area contributed by atoms with Crippen molar-refractivity contribution in [2.24, 2.45) is 10.2 Å². The molecule has 5 aromatic rings. The second-order valence-electron chi connectivity index (χ2n) is 6.53. The maximum Gasteiger partial charge on any atom is 0.325 e. The average Bonchev–Trinajstić information content (AvgIpc) is 3.27. The van der Waals surface area contributed by atoms with E-state index in [1.54, 1.807) is 24.3 Å². The highest BCUT2D eigenvalue weighted by atomic mass is 16.5. The van der Waals surface area contributed by atoms with E-state index >= 15 is 0 Å². The molecule has 0 aliphatic rings. The number of carbonyl (C=O) groups is 1. The van der Waals surface area contributed by atoms with E-state index in [-0.39, 0.29) is 24.1 Å². The van der Waals surface area contributed by atoms with Gasteiger partial charge in [-0.25, -0.2) is 0 Å². The van der Waals surface area contributed by atoms with Crippen molar-refractivity contribution >= 4 is 50.6 Å². The lowest BCUT2D eigenvalue weighted by Crippen LogP contribution is -2.10. The van der Waals surface area contributed by atoms with Gasteiger partial charge in [-0.15, -0.1) is 20.4 Å². The van der Waals surface area contributed by atoms with Crippen LogP contribution < -0.4 is 0 Å². The lowest BCUT2D eigenvalue weighted by atomic mass is 10.2. The molecule has 0 radical (unpaired) electrons. The first kappa shape index (κ1) is 17.7. The zero-order valence-electron chi connectivity index (χ0n) is 15.8. The van der Waals surface area contributed by atoms with Crippen LogP contribution in [0, 0.1) is 0 Å². The fraction of sp³-hybridized carbons (Fsp3) is 0.100. The summed E-state index contributed by atoms with van der Waals surface area (Å²) in [6, 6.07) is 14.8. The maximum atomic E-state index is 11.7. The van der Waals surface area contributed by atoms with E-state index in [2.05, 4.69) is 30.4 Å². The summed E-state index contributed by atoms with van der Waals surface area (Å²) in [6.07, 6.45) is 0. The van der Waals surface area contributed by atoms with Gasteiger partial charge in [-0.2, -0.15) is 4.98 Å². The van der Waals surface area contributed by atoms with E-state index in [0.717, 1.165) is 10.9 Å². The minimum atomic E-state index is -0.494. The molecule has 30 heavy (non-hydrogen) atoms. The number of benzene rings is 2. The standard InChI is InChI=1S/C20H15N7O3/c1-30-15(28)10-27-14-9-5-3-7-12(14)17(19(27)29)24-26-20-22-18-16(23-25-20)11-6-2-4-8-13(11)21-18/h2-9,29H,10H2,1H3,(H,21,22,25). The van der Waals surface area contributed by atoms with Gasteiger partial charge in [0.1, 0.15) is 12.1 Å². The third-order valence-electron chi connectivity index (χ3n) is 4.78. The Balaban J connectivity index is 1.57. The number of esters is 1. The van der Waals surface area contributed by atoms with Crippen molar-refractivity contribution in [2.75, 3.05) is 7.11 Å². The van der Waals surface area contributed by atoms with E-state index in [9.17, 15) is 9.90 Å². The van der Waals surface area contributed by atoms with Crippen LogP contribution in [-0.4, -0.2) is 42.9 Å². The van der Waals surface area contributed by atoms with E-state index in [1.807, 2.05) is 24.3 Å². The molecule has 2 N–H and O–H groups in total. The van der Waals surface area contributed by atoms with Gasteiger partial charge < -0.3 is 14.8 Å². The van der Waals surface area contributed by atoms with Crippen molar-refractivity contribution in [3.63, 3.8) is 0 Å². The lowest BCUT2D eigenvalue weighted by molar-refractivity contribution is -0.141. The molecular weight excluding hydrogens is 386 g/mol. The topological polar surface area (TPSA) is 131 Å². The molecule has 10 heteroatoms. The number of carbonyl (C=O) groups excluding carboxylic acids is 1. The fourth-order valence-electron chi connectivity index (χ4n) is 3.37. The maximum absolute atomic E-state index is 11.7. The number of ether oxygens (including phenoxy) is 1. The molecule has 0 bridgehead atoms. The Hall–Kier alpha value is -4.34. The number of methoxy groups -OCH3 is 1. The van der Waals surface area contributed by atoms with Gasteiger partial charge in [0, 0.05) is 16.3 Å². The number of aromatic hydroxyl groups is 1. The molecule has 0 aliphatic heterocycles. The molecule has 5 rings (SSSR count). The fourth-order valence-corrected chi connectivity index (χ4v) is 3.37. The molecule has 0 saturated carbocycles. The number of azo groups is 1. The minimum Gasteiger partial charge on any atom is -0.493 e. The molecule has 0 unspecified atom stereocenters. The monoisotopic (exact) mass is 401 g/mol. The van der Waals surface area contributed by atoms with Gasteiger partial charge in [0.25, 0.3) is 5.95 Å². The molecule has 3 aromatic heterocycles. The molecule has 0 fully saturated rings. The summed E-state index contributed by atoms with van der Waals surface area (Å²) in [7, 11) is 1.29. The highest BCUT2D eigenvalue weighted by Crippen LogP contribution is 2.39. The van der Waals surface area contributed by atoms with Crippen LogP contribution in [0.5, 0.6) is 5.88 Å². The summed E-state index contributed by atoms with van der Waals surface area (Å²) < 4.78 is 6.12. The molecule has 0 spiro atoms. The third-order valence-corrected chi connectivity index (χ3v) is 4.78. The van der Waals surface area contributed by atoms with E-state index in [0.29, 0.717) is 22.1 Å². The van der Waals surface area contributed by atoms with Crippen LogP contribution in [0.4, 0.5) is 11.6 Å². The van der Waals surface area contributed by atoms with Crippen molar-refractivity contribution in [2.45, 2.75) is 6.54 Å². The highest BCUT2D eigenvalue weighted by Gasteiger charge is 2.19. The van der Waals surface area contributed by atoms with E-state index in [1.165, 1.54) is 11.7 Å². The predicted octanol–water partition coefficient (Wildman–Crippen LogP) is 3.75. The molecular formula is C20H15N7O3. The van der Waals surface area contributed by atoms with Gasteiger partial charge in [0.15, 0.2) is 11.3 Å². The van der Waals surface area contributed by atoms with Crippen LogP contribution in [0.25, 0.3) is 33.0 Å². The molecule has 148 valence electrons. The second kappa shape index (κ2) is 6.92. The van der Waals surface area contributed by atoms with Crippen LogP contribution in [0.1, 0.15) is 0 Å². The number of hydrogen-bond donors (Lipinski definition) is 2. The summed E-state index contributed by atoms with van der Waals surface area (Å²) >= 11 is 0. The Kier molecular flexibility index (Phi) is 4.09. The quantitative estimate of drug-likeness (QED) is 0.348. The Labute approximate surface area is 168 Å². The van der Waals surface area contributed by atoms with Crippen molar-refractivity contribution < 1.29 is 14.6 Å². The zero-order chi connectivity index (χ0) is 20.7. The number of aromatic nitrogens is 5. The average molecular weight is 401 g/mol. The van der Waals surface area contributed by atoms with Crippen LogP contribution in [0.15, 0.2) is 58.8 Å². The van der Waals surface area contributed by atoms with E-state index in [4.69, 9.17) is 4.74 Å². The van der Waals surface area contributed by atoms with Crippen molar-refractivity contribution in [3.8, 4) is 5.88 Å². The summed E-state index contributed by atoms with van der Waals surface area (Å²) in [5, 5.41) is 28.6. The van der Waals surface area contributed by atoms with Gasteiger partial charge in [-0.3, -0.25) is 9.36 Å². The second-order valence-corrected chi connectivity index (χ2v) is 6.53. The zero-order valence-corrected chi connectivity index (χ0v) is 15.8. The van der Waals surface area contributed by atoms with Crippen molar-refractivity contribution in [1.82, 2.24) is 24.7 Å². The number of nitrogens with one attached hydrogen (secondary N) is 1. The number of para-hydroxylation sites is 2. The highest BCUT2D eigenvalue weighted by molar-refractivity contribution is 6.03. The number of nitrogens with zero attached hydrogens (tertiary/aromatic N) is 6. The summed E-state index contributed by atoms with van der Waals surface area (Å²) in [5.41, 5.74) is 2.90. The van der Waals surface area contributed by atoms with Gasteiger partial charge in [-0.1, -0.05) is 36.4 Å². The Morgan fingerprint density at radius 2 is 1.87 bits per heavy atom. The Morgan fingerprint density at radius 3 is 2.70 bits per heavy atom. The van der Waals surface area contributed by atoms with Crippen LogP contribution >= 0.6 is 0 Å². The minimum absolute atomic E-state index is 0.0401. The Bertz CT molecular complexity index is 1450. The normalized spacial score (nSPS) is 11.8.